The van der Waals surface area contributed by atoms with Crippen LogP contribution < -0.4 is 0 Å². The SMILES string of the molecule is CO/C(=C(/O)c1ccccc1)S(C)(=O)=O. The summed E-state index contributed by atoms with van der Waals surface area (Å²) in [6, 6.07) is 8.35. The Labute approximate surface area is 88.7 Å². The standard InChI is InChI=1S/C10H12O4S/c1-14-10(15(2,12)13)9(11)8-6-4-3-5-7-8/h3-7,11H,1-2H3/b10-9-. The summed E-state index contributed by atoms with van der Waals surface area (Å²) in [4.78, 5) is 0. The summed E-state index contributed by atoms with van der Waals surface area (Å²) in [5.74, 6) is -0.374. The number of hydrogen-bond acceptors (Lipinski definition) is 4. The van der Waals surface area contributed by atoms with Gasteiger partial charge >= 0.3 is 0 Å². The van der Waals surface area contributed by atoms with E-state index in [-0.39, 0.29) is 5.76 Å². The maximum atomic E-state index is 11.2. The summed E-state index contributed by atoms with van der Waals surface area (Å²) in [5, 5.41) is 9.27. The lowest BCUT2D eigenvalue weighted by atomic mass is 10.2. The molecule has 0 amide bonds. The van der Waals surface area contributed by atoms with E-state index in [1.165, 1.54) is 7.11 Å². The molecule has 0 aliphatic carbocycles. The van der Waals surface area contributed by atoms with Crippen molar-refractivity contribution in [3.8, 4) is 0 Å². The van der Waals surface area contributed by atoms with Crippen LogP contribution in [-0.2, 0) is 14.6 Å². The van der Waals surface area contributed by atoms with Crippen LogP contribution >= 0.6 is 0 Å². The second-order valence-corrected chi connectivity index (χ2v) is 4.89. The Morgan fingerprint density at radius 2 is 1.80 bits per heavy atom. The Balaban J connectivity index is 3.31. The van der Waals surface area contributed by atoms with Gasteiger partial charge in [-0.05, 0) is 0 Å². The Bertz CT molecular complexity index is 459. The normalized spacial score (nSPS) is 13.2. The summed E-state index contributed by atoms with van der Waals surface area (Å²) in [6.45, 7) is 0. The molecule has 82 valence electrons. The lowest BCUT2D eigenvalue weighted by Crippen LogP contribution is -2.06. The molecular formula is C10H12O4S. The van der Waals surface area contributed by atoms with Crippen molar-refractivity contribution in [3.05, 3.63) is 41.0 Å². The molecule has 0 spiro atoms. The first-order valence-corrected chi connectivity index (χ1v) is 6.08. The number of sulfone groups is 1. The van der Waals surface area contributed by atoms with Crippen molar-refractivity contribution in [2.45, 2.75) is 0 Å². The highest BCUT2D eigenvalue weighted by atomic mass is 32.2. The van der Waals surface area contributed by atoms with Crippen LogP contribution in [0.25, 0.3) is 5.76 Å². The lowest BCUT2D eigenvalue weighted by molar-refractivity contribution is 0.306. The van der Waals surface area contributed by atoms with E-state index in [2.05, 4.69) is 4.74 Å². The number of ether oxygens (including phenoxy) is 1. The van der Waals surface area contributed by atoms with E-state index in [1.54, 1.807) is 30.3 Å². The molecule has 0 aliphatic rings. The maximum Gasteiger partial charge on any atom is 0.254 e. The van der Waals surface area contributed by atoms with Crippen LogP contribution in [0.3, 0.4) is 0 Å². The van der Waals surface area contributed by atoms with Gasteiger partial charge in [0, 0.05) is 11.8 Å². The van der Waals surface area contributed by atoms with Crippen molar-refractivity contribution >= 4 is 15.6 Å². The molecule has 0 bridgehead atoms. The van der Waals surface area contributed by atoms with Gasteiger partial charge in [-0.3, -0.25) is 0 Å². The monoisotopic (exact) mass is 228 g/mol. The average Bonchev–Trinajstić information content (AvgIpc) is 2.18. The molecule has 0 heterocycles. The van der Waals surface area contributed by atoms with Gasteiger partial charge in [0.2, 0.25) is 9.84 Å². The molecule has 0 radical (unpaired) electrons. The summed E-state index contributed by atoms with van der Waals surface area (Å²) in [5.41, 5.74) is 0.403. The zero-order chi connectivity index (χ0) is 11.5. The van der Waals surface area contributed by atoms with E-state index in [9.17, 15) is 13.5 Å². The predicted octanol–water partition coefficient (Wildman–Crippen LogP) is 1.56. The largest absolute Gasteiger partial charge is 0.503 e. The van der Waals surface area contributed by atoms with Gasteiger partial charge in [0.25, 0.3) is 5.09 Å². The first-order valence-electron chi connectivity index (χ1n) is 4.19. The van der Waals surface area contributed by atoms with Crippen molar-refractivity contribution in [1.82, 2.24) is 0 Å². The fraction of sp³-hybridized carbons (Fsp3) is 0.200. The quantitative estimate of drug-likeness (QED) is 0.797. The highest BCUT2D eigenvalue weighted by Crippen LogP contribution is 2.19. The molecule has 1 aromatic carbocycles. The first kappa shape index (κ1) is 11.6. The fourth-order valence-electron chi connectivity index (χ4n) is 1.14. The number of rotatable bonds is 3. The fourth-order valence-corrected chi connectivity index (χ4v) is 1.91. The van der Waals surface area contributed by atoms with Gasteiger partial charge in [0.05, 0.1) is 7.11 Å². The molecule has 0 fully saturated rings. The molecule has 15 heavy (non-hydrogen) atoms. The van der Waals surface area contributed by atoms with E-state index >= 15 is 0 Å². The minimum Gasteiger partial charge on any atom is -0.503 e. The third-order valence-electron chi connectivity index (χ3n) is 1.76. The minimum absolute atomic E-state index is 0.374. The van der Waals surface area contributed by atoms with Gasteiger partial charge in [0.15, 0.2) is 5.76 Å². The molecule has 0 atom stereocenters. The summed E-state index contributed by atoms with van der Waals surface area (Å²) >= 11 is 0. The van der Waals surface area contributed by atoms with Crippen LogP contribution in [0.15, 0.2) is 35.4 Å². The number of benzene rings is 1. The van der Waals surface area contributed by atoms with Crippen molar-refractivity contribution in [3.63, 3.8) is 0 Å². The van der Waals surface area contributed by atoms with Gasteiger partial charge in [-0.25, -0.2) is 8.42 Å². The Morgan fingerprint density at radius 1 is 1.27 bits per heavy atom. The van der Waals surface area contributed by atoms with Crippen molar-refractivity contribution in [1.29, 1.82) is 0 Å². The number of aliphatic hydroxyl groups is 1. The van der Waals surface area contributed by atoms with E-state index in [0.29, 0.717) is 5.56 Å². The van der Waals surface area contributed by atoms with Crippen molar-refractivity contribution in [2.75, 3.05) is 13.4 Å². The van der Waals surface area contributed by atoms with Gasteiger partial charge < -0.3 is 9.84 Å². The Kier molecular flexibility index (Phi) is 3.36. The van der Waals surface area contributed by atoms with Crippen molar-refractivity contribution in [2.24, 2.45) is 0 Å². The van der Waals surface area contributed by atoms with E-state index in [0.717, 1.165) is 6.26 Å². The van der Waals surface area contributed by atoms with E-state index in [4.69, 9.17) is 0 Å². The summed E-state index contributed by atoms with van der Waals surface area (Å²) in [6.07, 6.45) is 0.977. The summed E-state index contributed by atoms with van der Waals surface area (Å²) in [7, 11) is -2.35. The average molecular weight is 228 g/mol. The third kappa shape index (κ3) is 2.73. The third-order valence-corrected chi connectivity index (χ3v) is 2.80. The molecule has 1 N–H and O–H groups in total. The molecule has 0 unspecified atom stereocenters. The van der Waals surface area contributed by atoms with Crippen LogP contribution in [0.4, 0.5) is 0 Å². The van der Waals surface area contributed by atoms with E-state index in [1.807, 2.05) is 0 Å². The van der Waals surface area contributed by atoms with E-state index < -0.39 is 14.9 Å². The van der Waals surface area contributed by atoms with Crippen LogP contribution in [0.5, 0.6) is 0 Å². The second-order valence-electron chi connectivity index (χ2n) is 2.98. The zero-order valence-corrected chi connectivity index (χ0v) is 9.28. The highest BCUT2D eigenvalue weighted by molar-refractivity contribution is 7.94. The number of hydrogen-bond donors (Lipinski definition) is 1. The van der Waals surface area contributed by atoms with Crippen molar-refractivity contribution < 1.29 is 18.3 Å². The second kappa shape index (κ2) is 4.35. The minimum atomic E-state index is -3.55. The Morgan fingerprint density at radius 3 is 2.20 bits per heavy atom. The first-order chi connectivity index (χ1) is 6.96. The highest BCUT2D eigenvalue weighted by Gasteiger charge is 2.18. The number of methoxy groups -OCH3 is 1. The predicted molar refractivity (Wildman–Crippen MR) is 57.8 cm³/mol. The van der Waals surface area contributed by atoms with Crippen LogP contribution in [0.2, 0.25) is 0 Å². The van der Waals surface area contributed by atoms with Crippen LogP contribution in [0, 0.1) is 0 Å². The van der Waals surface area contributed by atoms with Gasteiger partial charge in [-0.15, -0.1) is 0 Å². The molecule has 0 saturated heterocycles. The molecular weight excluding hydrogens is 216 g/mol. The topological polar surface area (TPSA) is 63.6 Å². The van der Waals surface area contributed by atoms with Gasteiger partial charge in [-0.2, -0.15) is 0 Å². The molecule has 4 nitrogen and oxygen atoms in total. The summed E-state index contributed by atoms with van der Waals surface area (Å²) < 4.78 is 27.1. The molecule has 0 aliphatic heterocycles. The van der Waals surface area contributed by atoms with Gasteiger partial charge in [0.1, 0.15) is 0 Å². The lowest BCUT2D eigenvalue weighted by Gasteiger charge is -2.07. The zero-order valence-electron chi connectivity index (χ0n) is 8.47. The molecule has 1 rings (SSSR count). The smallest absolute Gasteiger partial charge is 0.254 e. The molecule has 1 aromatic rings. The van der Waals surface area contributed by atoms with Crippen LogP contribution in [-0.4, -0.2) is 26.9 Å². The molecule has 0 aromatic heterocycles. The molecule has 5 heteroatoms. The Hall–Kier alpha value is -1.49. The van der Waals surface area contributed by atoms with Gasteiger partial charge in [-0.1, -0.05) is 30.3 Å². The maximum absolute atomic E-state index is 11.2. The van der Waals surface area contributed by atoms with Crippen LogP contribution in [0.1, 0.15) is 5.56 Å². The molecule has 0 saturated carbocycles. The number of aliphatic hydroxyl groups excluding tert-OH is 1.